The van der Waals surface area contributed by atoms with Crippen LogP contribution in [0.1, 0.15) is 25.7 Å². The summed E-state index contributed by atoms with van der Waals surface area (Å²) in [6, 6.07) is 4.48. The maximum Gasteiger partial charge on any atom is 0.241 e. The van der Waals surface area contributed by atoms with E-state index in [1.54, 1.807) is 6.07 Å². The Morgan fingerprint density at radius 1 is 1.18 bits per heavy atom. The Morgan fingerprint density at radius 2 is 1.86 bits per heavy atom. The van der Waals surface area contributed by atoms with E-state index in [1.807, 2.05) is 0 Å². The van der Waals surface area contributed by atoms with E-state index in [0.29, 0.717) is 37.2 Å². The Morgan fingerprint density at radius 3 is 2.55 bits per heavy atom. The second-order valence-electron chi connectivity index (χ2n) is 5.81. The van der Waals surface area contributed by atoms with Crippen molar-refractivity contribution < 1.29 is 17.9 Å². The maximum atomic E-state index is 12.6. The lowest BCUT2D eigenvalue weighted by atomic mass is 9.99. The summed E-state index contributed by atoms with van der Waals surface area (Å²) >= 11 is 0. The van der Waals surface area contributed by atoms with E-state index < -0.39 is 10.0 Å². The van der Waals surface area contributed by atoms with E-state index in [2.05, 4.69) is 4.72 Å². The van der Waals surface area contributed by atoms with E-state index in [-0.39, 0.29) is 10.9 Å². The first-order valence-electron chi connectivity index (χ1n) is 7.72. The molecule has 1 atom stereocenters. The van der Waals surface area contributed by atoms with Crippen molar-refractivity contribution in [2.24, 2.45) is 11.7 Å². The monoisotopic (exact) mass is 326 g/mol. The number of rotatable bonds is 5. The molecular weight excluding hydrogens is 304 g/mol. The molecule has 6 nitrogen and oxygen atoms in total. The average molecular weight is 326 g/mol. The molecule has 3 rings (SSSR count). The number of benzene rings is 1. The number of nitrogens with two attached hydrogens (primary N) is 1. The Balaban J connectivity index is 1.79. The number of fused-ring (bicyclic) bond motifs is 1. The Hall–Kier alpha value is -1.31. The molecular formula is C15H22N2O4S. The minimum atomic E-state index is -3.61. The summed E-state index contributed by atoms with van der Waals surface area (Å²) in [7, 11) is -3.61. The molecule has 1 fully saturated rings. The predicted molar refractivity (Wildman–Crippen MR) is 82.6 cm³/mol. The smallest absolute Gasteiger partial charge is 0.241 e. The van der Waals surface area contributed by atoms with E-state index in [1.165, 1.54) is 12.1 Å². The maximum absolute atomic E-state index is 12.6. The molecule has 122 valence electrons. The third-order valence-corrected chi connectivity index (χ3v) is 5.84. The van der Waals surface area contributed by atoms with E-state index >= 15 is 0 Å². The van der Waals surface area contributed by atoms with E-state index in [9.17, 15) is 8.42 Å². The number of hydrogen-bond acceptors (Lipinski definition) is 5. The van der Waals surface area contributed by atoms with Gasteiger partial charge in [-0.2, -0.15) is 0 Å². The van der Waals surface area contributed by atoms with Gasteiger partial charge in [-0.25, -0.2) is 13.1 Å². The Kier molecular flexibility index (Phi) is 4.56. The van der Waals surface area contributed by atoms with Gasteiger partial charge >= 0.3 is 0 Å². The van der Waals surface area contributed by atoms with Gasteiger partial charge in [0.25, 0.3) is 0 Å². The lowest BCUT2D eigenvalue weighted by Gasteiger charge is -2.24. The molecule has 0 bridgehead atoms. The first kappa shape index (κ1) is 15.6. The van der Waals surface area contributed by atoms with Gasteiger partial charge in [-0.15, -0.1) is 0 Å². The third-order valence-electron chi connectivity index (χ3n) is 4.35. The topological polar surface area (TPSA) is 90.7 Å². The molecule has 1 unspecified atom stereocenters. The molecule has 0 aromatic heterocycles. The van der Waals surface area contributed by atoms with Crippen LogP contribution < -0.4 is 19.9 Å². The van der Waals surface area contributed by atoms with Crippen molar-refractivity contribution in [1.29, 1.82) is 0 Å². The molecule has 0 saturated heterocycles. The second kappa shape index (κ2) is 6.44. The van der Waals surface area contributed by atoms with Crippen LogP contribution >= 0.6 is 0 Å². The van der Waals surface area contributed by atoms with Crippen LogP contribution in [-0.2, 0) is 10.0 Å². The third kappa shape index (κ3) is 3.21. The first-order chi connectivity index (χ1) is 10.6. The van der Waals surface area contributed by atoms with Crippen molar-refractivity contribution in [3.8, 4) is 11.5 Å². The molecule has 0 radical (unpaired) electrons. The summed E-state index contributed by atoms with van der Waals surface area (Å²) in [5.41, 5.74) is 5.78. The highest BCUT2D eigenvalue weighted by Crippen LogP contribution is 2.33. The minimum absolute atomic E-state index is 0.188. The average Bonchev–Trinajstić information content (AvgIpc) is 3.06. The van der Waals surface area contributed by atoms with E-state index in [4.69, 9.17) is 15.2 Å². The van der Waals surface area contributed by atoms with Gasteiger partial charge in [0.1, 0.15) is 13.2 Å². The molecule has 1 heterocycles. The number of ether oxygens (including phenoxy) is 2. The predicted octanol–water partition coefficient (Wildman–Crippen LogP) is 1.25. The summed E-state index contributed by atoms with van der Waals surface area (Å²) in [6.45, 7) is 1.22. The van der Waals surface area contributed by atoms with Crippen LogP contribution in [-0.4, -0.2) is 34.2 Å². The summed E-state index contributed by atoms with van der Waals surface area (Å²) in [5, 5.41) is 0. The van der Waals surface area contributed by atoms with Gasteiger partial charge in [0, 0.05) is 18.7 Å². The summed E-state index contributed by atoms with van der Waals surface area (Å²) in [4.78, 5) is 0.188. The van der Waals surface area contributed by atoms with Gasteiger partial charge in [0.2, 0.25) is 10.0 Å². The van der Waals surface area contributed by atoms with Crippen LogP contribution in [0.4, 0.5) is 0 Å². The van der Waals surface area contributed by atoms with Crippen LogP contribution in [0.2, 0.25) is 0 Å². The van der Waals surface area contributed by atoms with Crippen LogP contribution in [0, 0.1) is 5.92 Å². The quantitative estimate of drug-likeness (QED) is 0.850. The van der Waals surface area contributed by atoms with Crippen LogP contribution in [0.5, 0.6) is 11.5 Å². The molecule has 22 heavy (non-hydrogen) atoms. The zero-order valence-electron chi connectivity index (χ0n) is 12.5. The fourth-order valence-corrected chi connectivity index (χ4v) is 4.49. The first-order valence-corrected chi connectivity index (χ1v) is 9.20. The fourth-order valence-electron chi connectivity index (χ4n) is 3.15. The van der Waals surface area contributed by atoms with Crippen molar-refractivity contribution in [3.63, 3.8) is 0 Å². The molecule has 1 aromatic carbocycles. The molecule has 0 spiro atoms. The van der Waals surface area contributed by atoms with Crippen molar-refractivity contribution in [3.05, 3.63) is 18.2 Å². The molecule has 1 saturated carbocycles. The van der Waals surface area contributed by atoms with Crippen LogP contribution in [0.25, 0.3) is 0 Å². The molecule has 3 N–H and O–H groups in total. The van der Waals surface area contributed by atoms with Crippen molar-refractivity contribution in [2.75, 3.05) is 19.8 Å². The molecule has 0 amide bonds. The zero-order chi connectivity index (χ0) is 15.6. The van der Waals surface area contributed by atoms with Gasteiger partial charge in [-0.05, 0) is 30.9 Å². The fraction of sp³-hybridized carbons (Fsp3) is 0.600. The summed E-state index contributed by atoms with van der Waals surface area (Å²) in [6.07, 6.45) is 4.36. The van der Waals surface area contributed by atoms with Crippen LogP contribution in [0.15, 0.2) is 23.1 Å². The lowest BCUT2D eigenvalue weighted by Crippen LogP contribution is -2.44. The number of sulfonamides is 1. The van der Waals surface area contributed by atoms with Crippen molar-refractivity contribution in [1.82, 2.24) is 4.72 Å². The summed E-state index contributed by atoms with van der Waals surface area (Å²) in [5.74, 6) is 1.38. The largest absolute Gasteiger partial charge is 0.486 e. The Bertz CT molecular complexity index is 626. The van der Waals surface area contributed by atoms with Gasteiger partial charge in [-0.3, -0.25) is 0 Å². The number of hydrogen-bond donors (Lipinski definition) is 2. The highest BCUT2D eigenvalue weighted by atomic mass is 32.2. The minimum Gasteiger partial charge on any atom is -0.486 e. The molecule has 7 heteroatoms. The molecule has 1 aromatic rings. The molecule has 2 aliphatic rings. The van der Waals surface area contributed by atoms with Gasteiger partial charge in [-0.1, -0.05) is 12.8 Å². The number of nitrogens with one attached hydrogen (secondary N) is 1. The van der Waals surface area contributed by atoms with Crippen molar-refractivity contribution in [2.45, 2.75) is 36.6 Å². The highest BCUT2D eigenvalue weighted by Gasteiger charge is 2.29. The normalized spacial score (nSPS) is 20.0. The van der Waals surface area contributed by atoms with Crippen LogP contribution in [0.3, 0.4) is 0 Å². The van der Waals surface area contributed by atoms with Gasteiger partial charge < -0.3 is 15.2 Å². The standard InChI is InChI=1S/C15H22N2O4S/c16-10-13(11-3-1-2-4-11)17-22(18,19)12-5-6-14-15(9-12)21-8-7-20-14/h5-6,9,11,13,17H,1-4,7-8,10,16H2. The highest BCUT2D eigenvalue weighted by molar-refractivity contribution is 7.89. The summed E-state index contributed by atoms with van der Waals surface area (Å²) < 4.78 is 38.8. The zero-order valence-corrected chi connectivity index (χ0v) is 13.3. The SMILES string of the molecule is NCC(NS(=O)(=O)c1ccc2c(c1)OCCO2)C1CCCC1. The molecule has 1 aliphatic carbocycles. The second-order valence-corrected chi connectivity index (χ2v) is 7.53. The van der Waals surface area contributed by atoms with E-state index in [0.717, 1.165) is 25.7 Å². The molecule has 1 aliphatic heterocycles. The van der Waals surface area contributed by atoms with Gasteiger partial charge in [0.15, 0.2) is 11.5 Å². The Labute approximate surface area is 131 Å². The van der Waals surface area contributed by atoms with Gasteiger partial charge in [0.05, 0.1) is 4.90 Å². The lowest BCUT2D eigenvalue weighted by molar-refractivity contribution is 0.171. The van der Waals surface area contributed by atoms with Crippen molar-refractivity contribution >= 4 is 10.0 Å².